The van der Waals surface area contributed by atoms with Gasteiger partial charge in [-0.1, -0.05) is 26.0 Å². The van der Waals surface area contributed by atoms with Gasteiger partial charge < -0.3 is 9.64 Å². The number of nitrogens with one attached hydrogen (secondary N) is 1. The van der Waals surface area contributed by atoms with Crippen LogP contribution in [0.5, 0.6) is 5.75 Å². The molecule has 1 heterocycles. The maximum Gasteiger partial charge on any atom is 0.274 e. The number of H-pyrrole nitrogens is 1. The van der Waals surface area contributed by atoms with Crippen LogP contribution in [-0.4, -0.2) is 34.7 Å². The molecule has 0 radical (unpaired) electrons. The summed E-state index contributed by atoms with van der Waals surface area (Å²) in [7, 11) is 1.65. The van der Waals surface area contributed by atoms with Crippen molar-refractivity contribution in [2.75, 3.05) is 13.7 Å². The average molecular weight is 327 g/mol. The Morgan fingerprint density at radius 3 is 2.71 bits per heavy atom. The minimum Gasteiger partial charge on any atom is -0.497 e. The summed E-state index contributed by atoms with van der Waals surface area (Å²) in [5, 5.41) is 7.34. The van der Waals surface area contributed by atoms with Gasteiger partial charge in [0.1, 0.15) is 5.75 Å². The molecule has 0 unspecified atom stereocenters. The highest BCUT2D eigenvalue weighted by Crippen LogP contribution is 2.24. The van der Waals surface area contributed by atoms with Gasteiger partial charge >= 0.3 is 0 Å². The van der Waals surface area contributed by atoms with Crippen molar-refractivity contribution in [1.29, 1.82) is 0 Å². The van der Waals surface area contributed by atoms with Gasteiger partial charge in [0, 0.05) is 24.3 Å². The number of benzene rings is 1. The monoisotopic (exact) mass is 327 g/mol. The van der Waals surface area contributed by atoms with E-state index in [1.165, 1.54) is 0 Å². The van der Waals surface area contributed by atoms with Gasteiger partial charge in [-0.25, -0.2) is 0 Å². The molecule has 0 fully saturated rings. The number of methoxy groups -OCH3 is 1. The van der Waals surface area contributed by atoms with E-state index < -0.39 is 0 Å². The highest BCUT2D eigenvalue weighted by molar-refractivity contribution is 5.94. The molecule has 0 spiro atoms. The lowest BCUT2D eigenvalue weighted by molar-refractivity contribution is 0.0715. The topological polar surface area (TPSA) is 58.2 Å². The summed E-state index contributed by atoms with van der Waals surface area (Å²) < 4.78 is 5.20. The van der Waals surface area contributed by atoms with Crippen molar-refractivity contribution in [3.8, 4) is 5.75 Å². The third-order valence-corrected chi connectivity index (χ3v) is 4.41. The van der Waals surface area contributed by atoms with Crippen LogP contribution in [0.4, 0.5) is 0 Å². The Kier molecular flexibility index (Phi) is 4.88. The first-order chi connectivity index (χ1) is 11.6. The zero-order chi connectivity index (χ0) is 17.1. The molecule has 1 aliphatic carbocycles. The molecule has 24 heavy (non-hydrogen) atoms. The van der Waals surface area contributed by atoms with Crippen LogP contribution in [0.15, 0.2) is 24.3 Å². The lowest BCUT2D eigenvalue weighted by Crippen LogP contribution is -2.34. The average Bonchev–Trinajstić information content (AvgIpc) is 3.17. The zero-order valence-corrected chi connectivity index (χ0v) is 14.6. The Hall–Kier alpha value is -2.30. The van der Waals surface area contributed by atoms with Gasteiger partial charge in [0.15, 0.2) is 5.69 Å². The smallest absolute Gasteiger partial charge is 0.274 e. The van der Waals surface area contributed by atoms with Crippen molar-refractivity contribution in [2.45, 2.75) is 39.7 Å². The third kappa shape index (κ3) is 3.45. The van der Waals surface area contributed by atoms with E-state index in [1.54, 1.807) is 7.11 Å². The second-order valence-electron chi connectivity index (χ2n) is 6.81. The predicted octanol–water partition coefficient (Wildman–Crippen LogP) is 3.21. The second-order valence-corrected chi connectivity index (χ2v) is 6.81. The number of hydrogen-bond donors (Lipinski definition) is 1. The quantitative estimate of drug-likeness (QED) is 0.886. The van der Waals surface area contributed by atoms with E-state index in [9.17, 15) is 4.79 Å². The largest absolute Gasteiger partial charge is 0.497 e. The summed E-state index contributed by atoms with van der Waals surface area (Å²) in [6.45, 7) is 5.56. The summed E-state index contributed by atoms with van der Waals surface area (Å²) in [6, 6.07) is 7.88. The Bertz CT molecular complexity index is 704. The number of rotatable bonds is 6. The van der Waals surface area contributed by atoms with E-state index in [-0.39, 0.29) is 5.91 Å². The standard InChI is InChI=1S/C19H25N3O2/c1-13(2)11-22(12-14-7-9-15(24-3)10-8-14)19(23)18-16-5-4-6-17(16)20-21-18/h7-10,13H,4-6,11-12H2,1-3H3,(H,20,21). The second kappa shape index (κ2) is 7.07. The van der Waals surface area contributed by atoms with Gasteiger partial charge in [-0.2, -0.15) is 5.10 Å². The van der Waals surface area contributed by atoms with E-state index in [0.29, 0.717) is 24.7 Å². The molecule has 1 amide bonds. The highest BCUT2D eigenvalue weighted by atomic mass is 16.5. The first-order valence-electron chi connectivity index (χ1n) is 8.56. The molecule has 0 saturated carbocycles. The highest BCUT2D eigenvalue weighted by Gasteiger charge is 2.27. The minimum absolute atomic E-state index is 0.0268. The predicted molar refractivity (Wildman–Crippen MR) is 93.2 cm³/mol. The number of amides is 1. The normalized spacial score (nSPS) is 13.2. The van der Waals surface area contributed by atoms with E-state index in [4.69, 9.17) is 4.74 Å². The SMILES string of the molecule is COc1ccc(CN(CC(C)C)C(=O)c2n[nH]c3c2CCC3)cc1. The number of hydrogen-bond acceptors (Lipinski definition) is 3. The number of fused-ring (bicyclic) bond motifs is 1. The van der Waals surface area contributed by atoms with Crippen LogP contribution >= 0.6 is 0 Å². The molecule has 0 atom stereocenters. The number of carbonyl (C=O) groups is 1. The number of ether oxygens (including phenoxy) is 1. The van der Waals surface area contributed by atoms with Crippen LogP contribution in [0, 0.1) is 5.92 Å². The van der Waals surface area contributed by atoms with Crippen LogP contribution in [0.25, 0.3) is 0 Å². The van der Waals surface area contributed by atoms with Gasteiger partial charge in [-0.15, -0.1) is 0 Å². The molecule has 5 nitrogen and oxygen atoms in total. The summed E-state index contributed by atoms with van der Waals surface area (Å²) >= 11 is 0. The minimum atomic E-state index is 0.0268. The lowest BCUT2D eigenvalue weighted by Gasteiger charge is -2.24. The van der Waals surface area contributed by atoms with E-state index in [0.717, 1.165) is 41.8 Å². The number of nitrogens with zero attached hydrogens (tertiary/aromatic N) is 2. The van der Waals surface area contributed by atoms with Crippen molar-refractivity contribution in [3.05, 3.63) is 46.8 Å². The van der Waals surface area contributed by atoms with Crippen molar-refractivity contribution >= 4 is 5.91 Å². The first kappa shape index (κ1) is 16.6. The fourth-order valence-corrected chi connectivity index (χ4v) is 3.26. The van der Waals surface area contributed by atoms with Gasteiger partial charge in [-0.05, 0) is 42.9 Å². The number of aromatic nitrogens is 2. The Morgan fingerprint density at radius 1 is 1.29 bits per heavy atom. The Balaban J connectivity index is 1.81. The molecular formula is C19H25N3O2. The molecule has 1 N–H and O–H groups in total. The van der Waals surface area contributed by atoms with Crippen molar-refractivity contribution in [2.24, 2.45) is 5.92 Å². The fraction of sp³-hybridized carbons (Fsp3) is 0.474. The molecule has 1 aromatic heterocycles. The first-order valence-corrected chi connectivity index (χ1v) is 8.56. The van der Waals surface area contributed by atoms with Gasteiger partial charge in [-0.3, -0.25) is 9.89 Å². The van der Waals surface area contributed by atoms with Gasteiger partial charge in [0.25, 0.3) is 5.91 Å². The summed E-state index contributed by atoms with van der Waals surface area (Å²) in [5.41, 5.74) is 3.95. The third-order valence-electron chi connectivity index (χ3n) is 4.41. The van der Waals surface area contributed by atoms with E-state index in [1.807, 2.05) is 29.2 Å². The van der Waals surface area contributed by atoms with Crippen LogP contribution in [0.3, 0.4) is 0 Å². The molecule has 1 aromatic carbocycles. The van der Waals surface area contributed by atoms with E-state index >= 15 is 0 Å². The van der Waals surface area contributed by atoms with Crippen LogP contribution in [-0.2, 0) is 19.4 Å². The number of carbonyl (C=O) groups excluding carboxylic acids is 1. The number of aromatic amines is 1. The molecule has 128 valence electrons. The maximum absolute atomic E-state index is 13.0. The van der Waals surface area contributed by atoms with E-state index in [2.05, 4.69) is 24.0 Å². The molecule has 2 aromatic rings. The number of aryl methyl sites for hydroxylation is 1. The Morgan fingerprint density at radius 2 is 2.04 bits per heavy atom. The molecule has 0 bridgehead atoms. The summed E-state index contributed by atoms with van der Waals surface area (Å²) in [6.07, 6.45) is 3.05. The molecule has 1 aliphatic rings. The van der Waals surface area contributed by atoms with Gasteiger partial charge in [0.2, 0.25) is 0 Å². The van der Waals surface area contributed by atoms with Crippen molar-refractivity contribution in [1.82, 2.24) is 15.1 Å². The summed E-state index contributed by atoms with van der Waals surface area (Å²) in [5.74, 6) is 1.25. The van der Waals surface area contributed by atoms with Gasteiger partial charge in [0.05, 0.1) is 7.11 Å². The molecule has 5 heteroatoms. The Labute approximate surface area is 143 Å². The van der Waals surface area contributed by atoms with Crippen LogP contribution in [0.2, 0.25) is 0 Å². The molecular weight excluding hydrogens is 302 g/mol. The van der Waals surface area contributed by atoms with Crippen LogP contribution in [0.1, 0.15) is 47.6 Å². The molecule has 0 aliphatic heterocycles. The lowest BCUT2D eigenvalue weighted by atomic mass is 10.1. The molecule has 3 rings (SSSR count). The summed E-state index contributed by atoms with van der Waals surface area (Å²) in [4.78, 5) is 15.0. The fourth-order valence-electron chi connectivity index (χ4n) is 3.26. The van der Waals surface area contributed by atoms with Crippen molar-refractivity contribution in [3.63, 3.8) is 0 Å². The van der Waals surface area contributed by atoms with Crippen LogP contribution < -0.4 is 4.74 Å². The zero-order valence-electron chi connectivity index (χ0n) is 14.6. The molecule has 0 saturated heterocycles. The van der Waals surface area contributed by atoms with Crippen molar-refractivity contribution < 1.29 is 9.53 Å². The maximum atomic E-state index is 13.0.